The zero-order chi connectivity index (χ0) is 17.1. The number of anilines is 1. The summed E-state index contributed by atoms with van der Waals surface area (Å²) in [5, 5.41) is 12.9. The molecule has 7 nitrogen and oxygen atoms in total. The lowest BCUT2D eigenvalue weighted by molar-refractivity contribution is 0.0950. The van der Waals surface area contributed by atoms with Crippen LogP contribution in [0.15, 0.2) is 24.3 Å². The summed E-state index contributed by atoms with van der Waals surface area (Å²) in [6.07, 6.45) is 0.830. The molecule has 3 rings (SSSR count). The molecule has 2 aromatic rings. The summed E-state index contributed by atoms with van der Waals surface area (Å²) < 4.78 is 0. The van der Waals surface area contributed by atoms with Gasteiger partial charge in [-0.1, -0.05) is 18.5 Å². The minimum atomic E-state index is -0.297. The number of hydrogen-bond donors (Lipinski definition) is 3. The van der Waals surface area contributed by atoms with Crippen LogP contribution >= 0.6 is 11.6 Å². The molecule has 24 heavy (non-hydrogen) atoms. The average molecular weight is 348 g/mol. The smallest absolute Gasteiger partial charge is 0.321 e. The highest BCUT2D eigenvalue weighted by Gasteiger charge is 2.22. The number of benzene rings is 1. The summed E-state index contributed by atoms with van der Waals surface area (Å²) in [5.74, 6) is -0.297. The van der Waals surface area contributed by atoms with E-state index in [1.54, 1.807) is 23.1 Å². The zero-order valence-electron chi connectivity index (χ0n) is 13.2. The number of H-pyrrole nitrogens is 1. The summed E-state index contributed by atoms with van der Waals surface area (Å²) in [7, 11) is 0. The molecule has 0 atom stereocenters. The Morgan fingerprint density at radius 1 is 1.42 bits per heavy atom. The number of carbonyl (C=O) groups is 2. The highest BCUT2D eigenvalue weighted by molar-refractivity contribution is 6.34. The van der Waals surface area contributed by atoms with Crippen molar-refractivity contribution in [2.24, 2.45) is 0 Å². The summed E-state index contributed by atoms with van der Waals surface area (Å²) in [4.78, 5) is 25.7. The molecule has 1 aliphatic heterocycles. The molecule has 3 N–H and O–H groups in total. The van der Waals surface area contributed by atoms with Gasteiger partial charge in [0.15, 0.2) is 0 Å². The molecule has 1 aromatic heterocycles. The number of nitrogens with one attached hydrogen (secondary N) is 3. The van der Waals surface area contributed by atoms with Gasteiger partial charge in [0, 0.05) is 18.8 Å². The number of aryl methyl sites for hydroxylation is 1. The summed E-state index contributed by atoms with van der Waals surface area (Å²) in [6, 6.07) is 6.72. The van der Waals surface area contributed by atoms with Crippen LogP contribution in [0.4, 0.5) is 10.5 Å². The van der Waals surface area contributed by atoms with Crippen molar-refractivity contribution < 1.29 is 9.59 Å². The second-order valence-corrected chi connectivity index (χ2v) is 5.88. The molecule has 126 valence electrons. The molecular weight excluding hydrogens is 330 g/mol. The number of rotatable bonds is 5. The van der Waals surface area contributed by atoms with Crippen LogP contribution in [0.25, 0.3) is 0 Å². The Bertz CT molecular complexity index is 774. The van der Waals surface area contributed by atoms with E-state index in [0.717, 1.165) is 17.8 Å². The first-order valence-corrected chi connectivity index (χ1v) is 8.12. The Kier molecular flexibility index (Phi) is 4.71. The van der Waals surface area contributed by atoms with Crippen molar-refractivity contribution in [3.63, 3.8) is 0 Å². The van der Waals surface area contributed by atoms with Gasteiger partial charge in [-0.15, -0.1) is 0 Å². The van der Waals surface area contributed by atoms with Crippen molar-refractivity contribution in [2.75, 3.05) is 18.0 Å². The number of hydrogen-bond acceptors (Lipinski definition) is 3. The number of aromatic amines is 1. The number of amides is 3. The molecule has 0 bridgehead atoms. The lowest BCUT2D eigenvalue weighted by atomic mass is 10.1. The van der Waals surface area contributed by atoms with Gasteiger partial charge in [-0.2, -0.15) is 5.10 Å². The van der Waals surface area contributed by atoms with E-state index in [0.29, 0.717) is 35.9 Å². The molecule has 3 amide bonds. The van der Waals surface area contributed by atoms with Crippen LogP contribution in [0.3, 0.4) is 0 Å². The number of nitrogens with zero attached hydrogens (tertiary/aromatic N) is 2. The Morgan fingerprint density at radius 2 is 2.25 bits per heavy atom. The Morgan fingerprint density at radius 3 is 2.92 bits per heavy atom. The van der Waals surface area contributed by atoms with Crippen molar-refractivity contribution in [1.29, 1.82) is 0 Å². The lowest BCUT2D eigenvalue weighted by Crippen LogP contribution is -2.28. The van der Waals surface area contributed by atoms with Crippen LogP contribution < -0.4 is 15.5 Å². The molecule has 1 aromatic carbocycles. The van der Waals surface area contributed by atoms with E-state index in [1.165, 1.54) is 0 Å². The largest absolute Gasteiger partial charge is 0.346 e. The van der Waals surface area contributed by atoms with Crippen LogP contribution in [0, 0.1) is 0 Å². The van der Waals surface area contributed by atoms with E-state index in [-0.39, 0.29) is 11.9 Å². The predicted molar refractivity (Wildman–Crippen MR) is 91.3 cm³/mol. The maximum atomic E-state index is 12.4. The van der Waals surface area contributed by atoms with Crippen LogP contribution in [-0.2, 0) is 13.0 Å². The third kappa shape index (κ3) is 3.35. The van der Waals surface area contributed by atoms with Crippen molar-refractivity contribution >= 4 is 29.2 Å². The van der Waals surface area contributed by atoms with Crippen molar-refractivity contribution in [1.82, 2.24) is 20.8 Å². The minimum absolute atomic E-state index is 0.173. The second-order valence-electron chi connectivity index (χ2n) is 5.47. The highest BCUT2D eigenvalue weighted by atomic mass is 35.5. The topological polar surface area (TPSA) is 90.1 Å². The summed E-state index contributed by atoms with van der Waals surface area (Å²) in [5.41, 5.74) is 2.75. The van der Waals surface area contributed by atoms with Crippen molar-refractivity contribution in [2.45, 2.75) is 19.9 Å². The Hall–Kier alpha value is -2.54. The normalized spacial score (nSPS) is 13.9. The summed E-state index contributed by atoms with van der Waals surface area (Å²) >= 11 is 6.14. The van der Waals surface area contributed by atoms with Crippen molar-refractivity contribution in [3.8, 4) is 0 Å². The van der Waals surface area contributed by atoms with Crippen LogP contribution in [0.2, 0.25) is 5.02 Å². The first-order chi connectivity index (χ1) is 11.6. The van der Waals surface area contributed by atoms with Gasteiger partial charge in [-0.25, -0.2) is 4.79 Å². The molecule has 8 heteroatoms. The lowest BCUT2D eigenvalue weighted by Gasteiger charge is -2.16. The molecule has 0 unspecified atom stereocenters. The maximum absolute atomic E-state index is 12.4. The van der Waals surface area contributed by atoms with Crippen LogP contribution in [0.5, 0.6) is 0 Å². The zero-order valence-corrected chi connectivity index (χ0v) is 14.0. The third-order valence-electron chi connectivity index (χ3n) is 3.85. The van der Waals surface area contributed by atoms with Gasteiger partial charge in [0.2, 0.25) is 0 Å². The second kappa shape index (κ2) is 6.92. The van der Waals surface area contributed by atoms with E-state index < -0.39 is 0 Å². The highest BCUT2D eigenvalue weighted by Crippen LogP contribution is 2.24. The van der Waals surface area contributed by atoms with E-state index in [2.05, 4.69) is 20.8 Å². The molecule has 0 spiro atoms. The number of aromatic nitrogens is 2. The quantitative estimate of drug-likeness (QED) is 0.773. The van der Waals surface area contributed by atoms with E-state index in [1.807, 2.05) is 13.0 Å². The van der Waals surface area contributed by atoms with Gasteiger partial charge < -0.3 is 10.6 Å². The molecule has 0 radical (unpaired) electrons. The maximum Gasteiger partial charge on any atom is 0.321 e. The Labute approximate surface area is 144 Å². The minimum Gasteiger partial charge on any atom is -0.346 e. The molecular formula is C16H18ClN5O2. The van der Waals surface area contributed by atoms with Crippen LogP contribution in [0.1, 0.15) is 28.7 Å². The van der Waals surface area contributed by atoms with Gasteiger partial charge in [0.1, 0.15) is 0 Å². The van der Waals surface area contributed by atoms with Gasteiger partial charge in [0.05, 0.1) is 28.5 Å². The van der Waals surface area contributed by atoms with Crippen molar-refractivity contribution in [3.05, 3.63) is 46.2 Å². The molecule has 0 aliphatic carbocycles. The summed E-state index contributed by atoms with van der Waals surface area (Å²) in [6.45, 7) is 3.49. The van der Waals surface area contributed by atoms with Gasteiger partial charge in [-0.05, 0) is 30.7 Å². The van der Waals surface area contributed by atoms with E-state index >= 15 is 0 Å². The number of carbonyl (C=O) groups excluding carboxylic acids is 2. The fraction of sp³-hybridized carbons (Fsp3) is 0.312. The molecule has 1 fully saturated rings. The number of urea groups is 1. The average Bonchev–Trinajstić information content (AvgIpc) is 3.22. The Balaban J connectivity index is 1.72. The fourth-order valence-corrected chi connectivity index (χ4v) is 2.73. The van der Waals surface area contributed by atoms with Crippen LogP contribution in [-0.4, -0.2) is 35.2 Å². The van der Waals surface area contributed by atoms with Gasteiger partial charge in [0.25, 0.3) is 5.91 Å². The first-order valence-electron chi connectivity index (χ1n) is 7.74. The van der Waals surface area contributed by atoms with E-state index in [9.17, 15) is 9.59 Å². The van der Waals surface area contributed by atoms with Gasteiger partial charge in [-0.3, -0.25) is 14.8 Å². The first kappa shape index (κ1) is 16.3. The fourth-order valence-electron chi connectivity index (χ4n) is 2.52. The molecule has 0 saturated carbocycles. The van der Waals surface area contributed by atoms with Gasteiger partial charge >= 0.3 is 6.03 Å². The van der Waals surface area contributed by atoms with E-state index in [4.69, 9.17) is 11.6 Å². The number of halogens is 1. The monoisotopic (exact) mass is 347 g/mol. The predicted octanol–water partition coefficient (Wildman–Crippen LogP) is 2.09. The molecule has 1 saturated heterocycles. The standard InChI is InChI=1S/C16H18ClN5O2/c1-2-10-7-11(21-20-10)9-19-15(23)13-8-12(3-4-14(13)17)22-6-5-18-16(22)24/h3-4,7-8H,2,5-6,9H2,1H3,(H,18,24)(H,19,23)(H,20,21). The third-order valence-corrected chi connectivity index (χ3v) is 4.18. The molecule has 1 aliphatic rings. The molecule has 2 heterocycles. The SMILES string of the molecule is CCc1cc(CNC(=O)c2cc(N3CCNC3=O)ccc2Cl)[nH]n1.